The lowest BCUT2D eigenvalue weighted by Gasteiger charge is -2.35. The molecule has 0 bridgehead atoms. The molecule has 1 aliphatic rings. The van der Waals surface area contributed by atoms with Gasteiger partial charge in [0.2, 0.25) is 10.0 Å². The summed E-state index contributed by atoms with van der Waals surface area (Å²) in [6.45, 7) is 7.50. The molecule has 0 unspecified atom stereocenters. The number of hydrogen-bond acceptors (Lipinski definition) is 9. The van der Waals surface area contributed by atoms with Crippen LogP contribution in [0.1, 0.15) is 56.0 Å². The topological polar surface area (TPSA) is 152 Å². The van der Waals surface area contributed by atoms with Crippen LogP contribution in [0.4, 0.5) is 5.69 Å². The molecular weight excluding hydrogens is 683 g/mol. The molecule has 1 heterocycles. The van der Waals surface area contributed by atoms with Crippen molar-refractivity contribution in [3.63, 3.8) is 0 Å². The van der Waals surface area contributed by atoms with Crippen LogP contribution in [-0.4, -0.2) is 95.8 Å². The summed E-state index contributed by atoms with van der Waals surface area (Å²) in [6.07, 6.45) is 1.24. The SMILES string of the molecule is COc1ccc(S(=O)(=O)N(C)C[C@@H]2OCCCC[C@H](C)Oc3ccc(NS(=O)(=O)c4ccc(C)cc4)cc3C(=O)N([C@H](C)CO)C[C@@H]2C)cc1. The zero-order valence-corrected chi connectivity index (χ0v) is 31.2. The first kappa shape index (κ1) is 39.1. The Morgan fingerprint density at radius 1 is 1.00 bits per heavy atom. The lowest BCUT2D eigenvalue weighted by molar-refractivity contribution is -0.00833. The maximum absolute atomic E-state index is 14.4. The van der Waals surface area contributed by atoms with Gasteiger partial charge >= 0.3 is 0 Å². The van der Waals surface area contributed by atoms with Crippen molar-refractivity contribution in [2.45, 2.75) is 75.0 Å². The number of nitrogens with zero attached hydrogens (tertiary/aromatic N) is 2. The van der Waals surface area contributed by atoms with Crippen LogP contribution in [0.25, 0.3) is 0 Å². The number of aliphatic hydroxyl groups excluding tert-OH is 1. The van der Waals surface area contributed by atoms with Gasteiger partial charge in [0.05, 0.1) is 47.3 Å². The fourth-order valence-electron chi connectivity index (χ4n) is 5.66. The van der Waals surface area contributed by atoms with Crippen LogP contribution in [0.5, 0.6) is 11.5 Å². The largest absolute Gasteiger partial charge is 0.497 e. The summed E-state index contributed by atoms with van der Waals surface area (Å²) in [5, 5.41) is 10.2. The fourth-order valence-corrected chi connectivity index (χ4v) is 7.89. The molecule has 12 nitrogen and oxygen atoms in total. The Kier molecular flexibility index (Phi) is 13.3. The molecule has 0 aromatic heterocycles. The predicted molar refractivity (Wildman–Crippen MR) is 192 cm³/mol. The molecule has 3 aromatic rings. The van der Waals surface area contributed by atoms with Gasteiger partial charge in [0.1, 0.15) is 11.5 Å². The fraction of sp³-hybridized carbons (Fsp3) is 0.472. The van der Waals surface area contributed by atoms with E-state index in [0.29, 0.717) is 30.9 Å². The number of aliphatic hydroxyl groups is 1. The molecule has 0 spiro atoms. The third-order valence-electron chi connectivity index (χ3n) is 8.84. The van der Waals surface area contributed by atoms with E-state index in [1.807, 2.05) is 20.8 Å². The molecule has 0 saturated carbocycles. The number of carbonyl (C=O) groups is 1. The first-order valence-electron chi connectivity index (χ1n) is 16.7. The Labute approximate surface area is 296 Å². The first-order valence-corrected chi connectivity index (χ1v) is 19.6. The van der Waals surface area contributed by atoms with Gasteiger partial charge in [-0.2, -0.15) is 4.31 Å². The van der Waals surface area contributed by atoms with E-state index >= 15 is 0 Å². The number of nitrogens with one attached hydrogen (secondary N) is 1. The molecule has 1 amide bonds. The van der Waals surface area contributed by atoms with Crippen LogP contribution in [-0.2, 0) is 24.8 Å². The van der Waals surface area contributed by atoms with Crippen molar-refractivity contribution in [3.05, 3.63) is 77.9 Å². The van der Waals surface area contributed by atoms with Crippen molar-refractivity contribution in [2.75, 3.05) is 45.2 Å². The third kappa shape index (κ3) is 9.75. The molecule has 0 fully saturated rings. The van der Waals surface area contributed by atoms with Gasteiger partial charge in [0.25, 0.3) is 15.9 Å². The summed E-state index contributed by atoms with van der Waals surface area (Å²) < 4.78 is 75.1. The van der Waals surface area contributed by atoms with E-state index in [1.165, 1.54) is 53.7 Å². The Hall–Kier alpha value is -3.69. The smallest absolute Gasteiger partial charge is 0.261 e. The minimum absolute atomic E-state index is 0.0199. The maximum atomic E-state index is 14.4. The van der Waals surface area contributed by atoms with Crippen LogP contribution < -0.4 is 14.2 Å². The number of likely N-dealkylation sites (N-methyl/N-ethyl adjacent to an activating group) is 1. The van der Waals surface area contributed by atoms with E-state index < -0.39 is 38.1 Å². The molecule has 3 aromatic carbocycles. The van der Waals surface area contributed by atoms with Gasteiger partial charge in [-0.1, -0.05) is 24.6 Å². The molecule has 274 valence electrons. The van der Waals surface area contributed by atoms with Gasteiger partial charge < -0.3 is 24.2 Å². The van der Waals surface area contributed by atoms with Gasteiger partial charge in [-0.3, -0.25) is 9.52 Å². The third-order valence-corrected chi connectivity index (χ3v) is 12.1. The number of rotatable bonds is 10. The van der Waals surface area contributed by atoms with E-state index in [-0.39, 0.29) is 52.8 Å². The summed E-state index contributed by atoms with van der Waals surface area (Å²) in [5.41, 5.74) is 1.21. The van der Waals surface area contributed by atoms with Crippen molar-refractivity contribution in [3.8, 4) is 11.5 Å². The molecular formula is C36H49N3O9S2. The normalized spacial score (nSPS) is 20.4. The number of fused-ring (bicyclic) bond motifs is 1. The summed E-state index contributed by atoms with van der Waals surface area (Å²) >= 11 is 0. The summed E-state index contributed by atoms with van der Waals surface area (Å²) in [4.78, 5) is 16.1. The minimum atomic E-state index is -3.96. The quantitative estimate of drug-likeness (QED) is 0.296. The number of methoxy groups -OCH3 is 1. The standard InChI is InChI=1S/C36H49N3O9S2/c1-25-10-15-31(16-11-25)49(42,43)37-29-12-19-34-33(21-29)36(41)39(27(3)24-40)22-26(2)35(47-20-8-7-9-28(4)48-34)23-38(5)50(44,45)32-17-13-30(46-6)14-18-32/h10-19,21,26-28,35,37,40H,7-9,20,22-24H2,1-6H3/t26-,27+,28-,35-/m0/s1. The Morgan fingerprint density at radius 3 is 2.30 bits per heavy atom. The van der Waals surface area contributed by atoms with Gasteiger partial charge in [0.15, 0.2) is 0 Å². The lowest BCUT2D eigenvalue weighted by atomic mass is 10.0. The van der Waals surface area contributed by atoms with Crippen LogP contribution >= 0.6 is 0 Å². The molecule has 4 atom stereocenters. The highest BCUT2D eigenvalue weighted by atomic mass is 32.2. The van der Waals surface area contributed by atoms with E-state index in [9.17, 15) is 26.7 Å². The van der Waals surface area contributed by atoms with E-state index in [1.54, 1.807) is 43.3 Å². The second-order valence-corrected chi connectivity index (χ2v) is 16.6. The Morgan fingerprint density at radius 2 is 1.66 bits per heavy atom. The Balaban J connectivity index is 1.66. The average molecular weight is 732 g/mol. The van der Waals surface area contributed by atoms with Crippen molar-refractivity contribution >= 4 is 31.6 Å². The minimum Gasteiger partial charge on any atom is -0.497 e. The van der Waals surface area contributed by atoms with Crippen LogP contribution in [0, 0.1) is 12.8 Å². The zero-order valence-electron chi connectivity index (χ0n) is 29.5. The number of amides is 1. The van der Waals surface area contributed by atoms with Gasteiger partial charge in [-0.15, -0.1) is 0 Å². The van der Waals surface area contributed by atoms with Crippen molar-refractivity contribution in [1.29, 1.82) is 0 Å². The van der Waals surface area contributed by atoms with Crippen LogP contribution in [0.2, 0.25) is 0 Å². The number of anilines is 1. The zero-order chi connectivity index (χ0) is 36.6. The number of aryl methyl sites for hydroxylation is 1. The van der Waals surface area contributed by atoms with E-state index in [4.69, 9.17) is 14.2 Å². The van der Waals surface area contributed by atoms with Crippen molar-refractivity contribution in [1.82, 2.24) is 9.21 Å². The van der Waals surface area contributed by atoms with Gasteiger partial charge in [-0.05, 0) is 94.6 Å². The monoisotopic (exact) mass is 731 g/mol. The molecule has 2 N–H and O–H groups in total. The van der Waals surface area contributed by atoms with Gasteiger partial charge in [-0.25, -0.2) is 16.8 Å². The number of hydrogen-bond donors (Lipinski definition) is 2. The highest BCUT2D eigenvalue weighted by Crippen LogP contribution is 2.30. The number of ether oxygens (including phenoxy) is 3. The van der Waals surface area contributed by atoms with Gasteiger partial charge in [0, 0.05) is 38.3 Å². The number of sulfonamides is 2. The molecule has 14 heteroatoms. The molecule has 0 radical (unpaired) electrons. The first-order chi connectivity index (χ1) is 23.7. The molecule has 50 heavy (non-hydrogen) atoms. The van der Waals surface area contributed by atoms with Crippen LogP contribution in [0.15, 0.2) is 76.5 Å². The summed E-state index contributed by atoms with van der Waals surface area (Å²) in [7, 11) is -4.84. The highest BCUT2D eigenvalue weighted by Gasteiger charge is 2.32. The maximum Gasteiger partial charge on any atom is 0.261 e. The molecule has 1 aliphatic heterocycles. The highest BCUT2D eigenvalue weighted by molar-refractivity contribution is 7.92. The van der Waals surface area contributed by atoms with Crippen LogP contribution in [0.3, 0.4) is 0 Å². The molecule has 0 aliphatic carbocycles. The summed E-state index contributed by atoms with van der Waals surface area (Å²) in [5.74, 6) is -0.0314. The predicted octanol–water partition coefficient (Wildman–Crippen LogP) is 4.92. The molecule has 4 rings (SSSR count). The number of benzene rings is 3. The lowest BCUT2D eigenvalue weighted by Crippen LogP contribution is -2.48. The second kappa shape index (κ2) is 17.0. The second-order valence-electron chi connectivity index (χ2n) is 12.9. The number of carbonyl (C=O) groups excluding carboxylic acids is 1. The average Bonchev–Trinajstić information content (AvgIpc) is 3.09. The summed E-state index contributed by atoms with van der Waals surface area (Å²) in [6, 6.07) is 16.5. The van der Waals surface area contributed by atoms with E-state index in [2.05, 4.69) is 4.72 Å². The van der Waals surface area contributed by atoms with E-state index in [0.717, 1.165) is 12.0 Å². The van der Waals surface area contributed by atoms with Crippen molar-refractivity contribution < 1.29 is 40.9 Å². The Bertz CT molecular complexity index is 1800. The molecule has 0 saturated heterocycles. The van der Waals surface area contributed by atoms with Crippen molar-refractivity contribution in [2.24, 2.45) is 5.92 Å².